The summed E-state index contributed by atoms with van der Waals surface area (Å²) in [5.74, 6) is 0. The number of hydrogen-bond acceptors (Lipinski definition) is 5. The maximum absolute atomic E-state index is 6.20. The van der Waals surface area contributed by atoms with Crippen LogP contribution in [0.1, 0.15) is 18.5 Å². The van der Waals surface area contributed by atoms with Gasteiger partial charge in [0.05, 0.1) is 25.0 Å². The normalized spacial score (nSPS) is 19.1. The Bertz CT molecular complexity index is 580. The average Bonchev–Trinajstić information content (AvgIpc) is 3.16. The zero-order valence-electron chi connectivity index (χ0n) is 12.1. The summed E-state index contributed by atoms with van der Waals surface area (Å²) in [5.41, 5.74) is 1.04. The molecule has 1 aliphatic heterocycles. The van der Waals surface area contributed by atoms with Gasteiger partial charge in [-0.1, -0.05) is 11.6 Å². The van der Waals surface area contributed by atoms with Crippen LogP contribution in [-0.4, -0.2) is 53.8 Å². The molecule has 0 N–H and O–H groups in total. The molecule has 7 heteroatoms. The summed E-state index contributed by atoms with van der Waals surface area (Å²) in [5, 5.41) is 2.61. The highest BCUT2D eigenvalue weighted by molar-refractivity contribution is 7.15. The van der Waals surface area contributed by atoms with E-state index < -0.39 is 0 Å². The minimum atomic E-state index is 0.296. The maximum atomic E-state index is 6.20. The maximum Gasteiger partial charge on any atom is 0.195 e. The van der Waals surface area contributed by atoms with Crippen LogP contribution in [0.25, 0.3) is 4.96 Å². The van der Waals surface area contributed by atoms with E-state index in [2.05, 4.69) is 21.3 Å². The van der Waals surface area contributed by atoms with Gasteiger partial charge in [0, 0.05) is 31.3 Å². The average molecular weight is 330 g/mol. The summed E-state index contributed by atoms with van der Waals surface area (Å²) in [6.07, 6.45) is 4.59. The van der Waals surface area contributed by atoms with E-state index >= 15 is 0 Å². The number of imidazole rings is 1. The molecule has 3 heterocycles. The quantitative estimate of drug-likeness (QED) is 0.732. The summed E-state index contributed by atoms with van der Waals surface area (Å²) in [7, 11) is 2.07. The lowest BCUT2D eigenvalue weighted by atomic mass is 10.2. The number of halogens is 1. The molecule has 2 aromatic heterocycles. The molecule has 0 radical (unpaired) electrons. The van der Waals surface area contributed by atoms with Crippen molar-refractivity contribution in [2.75, 3.05) is 33.4 Å². The Morgan fingerprint density at radius 1 is 1.62 bits per heavy atom. The molecule has 0 spiro atoms. The van der Waals surface area contributed by atoms with E-state index in [-0.39, 0.29) is 0 Å². The Kier molecular flexibility index (Phi) is 5.13. The van der Waals surface area contributed by atoms with Gasteiger partial charge in [-0.25, -0.2) is 4.98 Å². The van der Waals surface area contributed by atoms with Gasteiger partial charge in [0.1, 0.15) is 0 Å². The van der Waals surface area contributed by atoms with Crippen LogP contribution in [0.5, 0.6) is 0 Å². The Labute approximate surface area is 133 Å². The molecule has 0 amide bonds. The molecular formula is C14H20ClN3O2S. The highest BCUT2D eigenvalue weighted by Gasteiger charge is 2.16. The standard InChI is InChI=1S/C14H20ClN3O2S/c1-17(4-7-19-10-11-3-2-6-20-11)9-12-13(15)16-14-18(12)5-8-21-14/h5,8,11H,2-4,6-7,9-10H2,1H3/t11-/m0/s1. The van der Waals surface area contributed by atoms with Gasteiger partial charge >= 0.3 is 0 Å². The van der Waals surface area contributed by atoms with Crippen molar-refractivity contribution in [2.45, 2.75) is 25.5 Å². The van der Waals surface area contributed by atoms with E-state index in [0.29, 0.717) is 24.5 Å². The van der Waals surface area contributed by atoms with Crippen LogP contribution in [0.3, 0.4) is 0 Å². The van der Waals surface area contributed by atoms with Crippen molar-refractivity contribution in [1.82, 2.24) is 14.3 Å². The van der Waals surface area contributed by atoms with Gasteiger partial charge in [-0.3, -0.25) is 9.30 Å². The van der Waals surface area contributed by atoms with Gasteiger partial charge < -0.3 is 9.47 Å². The van der Waals surface area contributed by atoms with E-state index in [0.717, 1.165) is 43.2 Å². The fraction of sp³-hybridized carbons (Fsp3) is 0.643. The fourth-order valence-electron chi connectivity index (χ4n) is 2.49. The monoisotopic (exact) mass is 329 g/mol. The summed E-state index contributed by atoms with van der Waals surface area (Å²) in [6, 6.07) is 0. The zero-order chi connectivity index (χ0) is 14.7. The molecule has 1 atom stereocenters. The predicted molar refractivity (Wildman–Crippen MR) is 84.2 cm³/mol. The fourth-order valence-corrected chi connectivity index (χ4v) is 3.51. The second-order valence-corrected chi connectivity index (χ2v) is 6.58. The molecule has 1 aliphatic rings. The Morgan fingerprint density at radius 2 is 2.52 bits per heavy atom. The Balaban J connectivity index is 1.44. The second-order valence-electron chi connectivity index (χ2n) is 5.35. The number of likely N-dealkylation sites (N-methyl/N-ethyl adjacent to an activating group) is 1. The lowest BCUT2D eigenvalue weighted by molar-refractivity contribution is 0.0116. The third kappa shape index (κ3) is 3.76. The van der Waals surface area contributed by atoms with Gasteiger partial charge in [-0.2, -0.15) is 0 Å². The highest BCUT2D eigenvalue weighted by Crippen LogP contribution is 2.22. The largest absolute Gasteiger partial charge is 0.377 e. The van der Waals surface area contributed by atoms with E-state index in [4.69, 9.17) is 21.1 Å². The number of thiazole rings is 1. The minimum Gasteiger partial charge on any atom is -0.377 e. The van der Waals surface area contributed by atoms with E-state index in [1.165, 1.54) is 0 Å². The van der Waals surface area contributed by atoms with E-state index in [1.807, 2.05) is 11.6 Å². The van der Waals surface area contributed by atoms with Crippen LogP contribution in [0.2, 0.25) is 5.15 Å². The summed E-state index contributed by atoms with van der Waals surface area (Å²) in [6.45, 7) is 3.92. The van der Waals surface area contributed by atoms with E-state index in [1.54, 1.807) is 11.3 Å². The van der Waals surface area contributed by atoms with Crippen LogP contribution in [-0.2, 0) is 16.0 Å². The molecule has 2 aromatic rings. The van der Waals surface area contributed by atoms with Gasteiger partial charge in [-0.15, -0.1) is 11.3 Å². The molecule has 3 rings (SSSR count). The van der Waals surface area contributed by atoms with Gasteiger partial charge in [-0.05, 0) is 19.9 Å². The van der Waals surface area contributed by atoms with Crippen LogP contribution in [0.4, 0.5) is 0 Å². The molecule has 116 valence electrons. The first-order chi connectivity index (χ1) is 10.2. The zero-order valence-corrected chi connectivity index (χ0v) is 13.7. The first-order valence-corrected chi connectivity index (χ1v) is 8.47. The smallest absolute Gasteiger partial charge is 0.195 e. The molecular weight excluding hydrogens is 310 g/mol. The number of rotatable bonds is 7. The molecule has 1 fully saturated rings. The molecule has 1 saturated heterocycles. The molecule has 0 aromatic carbocycles. The number of fused-ring (bicyclic) bond motifs is 1. The van der Waals surface area contributed by atoms with Gasteiger partial charge in [0.15, 0.2) is 10.1 Å². The summed E-state index contributed by atoms with van der Waals surface area (Å²) < 4.78 is 13.3. The van der Waals surface area contributed by atoms with Crippen molar-refractivity contribution in [3.8, 4) is 0 Å². The Hall–Kier alpha value is -0.660. The topological polar surface area (TPSA) is 39.0 Å². The molecule has 0 unspecified atom stereocenters. The van der Waals surface area contributed by atoms with Crippen LogP contribution in [0.15, 0.2) is 11.6 Å². The van der Waals surface area contributed by atoms with Crippen LogP contribution >= 0.6 is 22.9 Å². The number of hydrogen-bond donors (Lipinski definition) is 0. The second kappa shape index (κ2) is 7.07. The predicted octanol–water partition coefficient (Wildman–Crippen LogP) is 2.68. The summed E-state index contributed by atoms with van der Waals surface area (Å²) in [4.78, 5) is 7.49. The number of nitrogens with zero attached hydrogens (tertiary/aromatic N) is 3. The van der Waals surface area contributed by atoms with Crippen molar-refractivity contribution in [3.05, 3.63) is 22.4 Å². The Morgan fingerprint density at radius 3 is 3.33 bits per heavy atom. The van der Waals surface area contributed by atoms with Crippen LogP contribution in [0, 0.1) is 0 Å². The first-order valence-electron chi connectivity index (χ1n) is 7.22. The molecule has 5 nitrogen and oxygen atoms in total. The molecule has 0 bridgehead atoms. The SMILES string of the molecule is CN(CCOC[C@@H]1CCCO1)Cc1c(Cl)nc2sccn12. The van der Waals surface area contributed by atoms with Crippen LogP contribution < -0.4 is 0 Å². The third-order valence-electron chi connectivity index (χ3n) is 3.68. The lowest BCUT2D eigenvalue weighted by Crippen LogP contribution is -2.25. The molecule has 0 saturated carbocycles. The van der Waals surface area contributed by atoms with Crippen molar-refractivity contribution >= 4 is 27.9 Å². The van der Waals surface area contributed by atoms with Crippen molar-refractivity contribution in [3.63, 3.8) is 0 Å². The van der Waals surface area contributed by atoms with Crippen molar-refractivity contribution < 1.29 is 9.47 Å². The third-order valence-corrected chi connectivity index (χ3v) is 4.74. The summed E-state index contributed by atoms with van der Waals surface area (Å²) >= 11 is 7.80. The van der Waals surface area contributed by atoms with Gasteiger partial charge in [0.2, 0.25) is 0 Å². The molecule has 21 heavy (non-hydrogen) atoms. The number of aromatic nitrogens is 2. The van der Waals surface area contributed by atoms with Crippen molar-refractivity contribution in [2.24, 2.45) is 0 Å². The van der Waals surface area contributed by atoms with Gasteiger partial charge in [0.25, 0.3) is 0 Å². The van der Waals surface area contributed by atoms with Crippen molar-refractivity contribution in [1.29, 1.82) is 0 Å². The highest BCUT2D eigenvalue weighted by atomic mass is 35.5. The lowest BCUT2D eigenvalue weighted by Gasteiger charge is -2.17. The van der Waals surface area contributed by atoms with E-state index in [9.17, 15) is 0 Å². The minimum absolute atomic E-state index is 0.296. The molecule has 0 aliphatic carbocycles. The number of ether oxygens (including phenoxy) is 2. The first kappa shape index (κ1) is 15.2.